The molecule has 0 aliphatic carbocycles. The van der Waals surface area contributed by atoms with Crippen molar-refractivity contribution in [3.05, 3.63) is 58.5 Å². The molecule has 25 heavy (non-hydrogen) atoms. The normalized spacial score (nSPS) is 15.0. The molecule has 2 heterocycles. The van der Waals surface area contributed by atoms with Gasteiger partial charge >= 0.3 is 6.18 Å². The van der Waals surface area contributed by atoms with E-state index in [1.807, 2.05) is 0 Å². The van der Waals surface area contributed by atoms with Crippen molar-refractivity contribution in [1.82, 2.24) is 9.88 Å². The van der Waals surface area contributed by atoms with Gasteiger partial charge in [0.05, 0.1) is 29.2 Å². The highest BCUT2D eigenvalue weighted by Gasteiger charge is 2.34. The van der Waals surface area contributed by atoms with E-state index >= 15 is 0 Å². The zero-order valence-corrected chi connectivity index (χ0v) is 13.3. The van der Waals surface area contributed by atoms with Crippen molar-refractivity contribution in [3.8, 4) is 5.88 Å². The lowest BCUT2D eigenvalue weighted by molar-refractivity contribution is -0.137. The van der Waals surface area contributed by atoms with E-state index in [4.69, 9.17) is 16.3 Å². The van der Waals surface area contributed by atoms with Crippen LogP contribution in [0.1, 0.15) is 15.9 Å². The molecule has 132 valence electrons. The summed E-state index contributed by atoms with van der Waals surface area (Å²) in [6, 6.07) is 5.49. The quantitative estimate of drug-likeness (QED) is 0.768. The van der Waals surface area contributed by atoms with E-state index in [2.05, 4.69) is 4.98 Å². The van der Waals surface area contributed by atoms with Crippen molar-refractivity contribution in [2.45, 2.75) is 12.3 Å². The lowest BCUT2D eigenvalue weighted by Gasteiger charge is -2.38. The standard InChI is InChI=1S/C16H11ClF4N2O2/c17-13-5-10(18)2-3-12(13)15(24)23-7-11(8-23)25-14-4-1-9(6-22-14)16(19,20)21/h1-6,11H,7-8H2. The maximum Gasteiger partial charge on any atom is 0.417 e. The Kier molecular flexibility index (Phi) is 4.55. The molecule has 4 nitrogen and oxygen atoms in total. The fourth-order valence-electron chi connectivity index (χ4n) is 2.30. The van der Waals surface area contributed by atoms with Crippen LogP contribution < -0.4 is 4.74 Å². The zero-order valence-electron chi connectivity index (χ0n) is 12.6. The lowest BCUT2D eigenvalue weighted by atomic mass is 10.1. The van der Waals surface area contributed by atoms with Crippen LogP contribution in [0.5, 0.6) is 5.88 Å². The summed E-state index contributed by atoms with van der Waals surface area (Å²) >= 11 is 5.85. The molecule has 0 bridgehead atoms. The van der Waals surface area contributed by atoms with Crippen LogP contribution >= 0.6 is 11.6 Å². The van der Waals surface area contributed by atoms with Crippen LogP contribution in [0.2, 0.25) is 5.02 Å². The van der Waals surface area contributed by atoms with Crippen molar-refractivity contribution in [2.75, 3.05) is 13.1 Å². The highest BCUT2D eigenvalue weighted by molar-refractivity contribution is 6.33. The number of amides is 1. The maximum atomic E-state index is 13.0. The first kappa shape index (κ1) is 17.5. The number of carbonyl (C=O) groups excluding carboxylic acids is 1. The maximum absolute atomic E-state index is 13.0. The molecule has 0 radical (unpaired) electrons. The predicted octanol–water partition coefficient (Wildman–Crippen LogP) is 3.80. The number of alkyl halides is 3. The Morgan fingerprint density at radius 1 is 1.24 bits per heavy atom. The predicted molar refractivity (Wildman–Crippen MR) is 81.0 cm³/mol. The van der Waals surface area contributed by atoms with Gasteiger partial charge in [0, 0.05) is 12.3 Å². The first-order valence-electron chi connectivity index (χ1n) is 7.18. The van der Waals surface area contributed by atoms with E-state index in [0.29, 0.717) is 6.20 Å². The van der Waals surface area contributed by atoms with Crippen molar-refractivity contribution in [3.63, 3.8) is 0 Å². The third kappa shape index (κ3) is 3.84. The highest BCUT2D eigenvalue weighted by Crippen LogP contribution is 2.29. The molecule has 1 aromatic carbocycles. The van der Waals surface area contributed by atoms with Crippen molar-refractivity contribution in [1.29, 1.82) is 0 Å². The molecule has 3 rings (SSSR count). The average Bonchev–Trinajstić information content (AvgIpc) is 2.49. The lowest BCUT2D eigenvalue weighted by Crippen LogP contribution is -2.56. The van der Waals surface area contributed by atoms with Crippen LogP contribution in [-0.2, 0) is 6.18 Å². The van der Waals surface area contributed by atoms with Gasteiger partial charge in [-0.2, -0.15) is 13.2 Å². The number of hydrogen-bond donors (Lipinski definition) is 0. The molecule has 2 aromatic rings. The third-order valence-electron chi connectivity index (χ3n) is 3.65. The molecule has 0 atom stereocenters. The summed E-state index contributed by atoms with van der Waals surface area (Å²) in [5.74, 6) is -0.866. The summed E-state index contributed by atoms with van der Waals surface area (Å²) in [6.07, 6.45) is -4.15. The number of pyridine rings is 1. The monoisotopic (exact) mass is 374 g/mol. The van der Waals surface area contributed by atoms with Gasteiger partial charge in [0.2, 0.25) is 5.88 Å². The number of likely N-dealkylation sites (tertiary alicyclic amines) is 1. The fraction of sp³-hybridized carbons (Fsp3) is 0.250. The summed E-state index contributed by atoms with van der Waals surface area (Å²) < 4.78 is 55.8. The molecule has 9 heteroatoms. The number of hydrogen-bond acceptors (Lipinski definition) is 3. The van der Waals surface area contributed by atoms with Gasteiger partial charge in [-0.1, -0.05) is 11.6 Å². The smallest absolute Gasteiger partial charge is 0.417 e. The minimum atomic E-state index is -4.46. The third-order valence-corrected chi connectivity index (χ3v) is 3.96. The van der Waals surface area contributed by atoms with Crippen molar-refractivity contribution in [2.24, 2.45) is 0 Å². The Bertz CT molecular complexity index is 790. The van der Waals surface area contributed by atoms with E-state index in [0.717, 1.165) is 24.3 Å². The van der Waals surface area contributed by atoms with Gasteiger partial charge in [0.1, 0.15) is 11.9 Å². The summed E-state index contributed by atoms with van der Waals surface area (Å²) in [6.45, 7) is 0.463. The number of ether oxygens (including phenoxy) is 1. The number of nitrogens with zero attached hydrogens (tertiary/aromatic N) is 2. The SMILES string of the molecule is O=C(c1ccc(F)cc1Cl)N1CC(Oc2ccc(C(F)(F)F)cn2)C1. The second-order valence-electron chi connectivity index (χ2n) is 5.46. The number of rotatable bonds is 3. The molecule has 0 unspecified atom stereocenters. The highest BCUT2D eigenvalue weighted by atomic mass is 35.5. The largest absolute Gasteiger partial charge is 0.471 e. The summed E-state index contributed by atoms with van der Waals surface area (Å²) in [4.78, 5) is 17.3. The average molecular weight is 375 g/mol. The van der Waals surface area contributed by atoms with E-state index in [1.54, 1.807) is 0 Å². The van der Waals surface area contributed by atoms with Crippen molar-refractivity contribution >= 4 is 17.5 Å². The summed E-state index contributed by atoms with van der Waals surface area (Å²) in [7, 11) is 0. The molecular weight excluding hydrogens is 364 g/mol. The summed E-state index contributed by atoms with van der Waals surface area (Å²) in [5, 5.41) is 0.0128. The first-order chi connectivity index (χ1) is 11.7. The molecular formula is C16H11ClF4N2O2. The van der Waals surface area contributed by atoms with E-state index < -0.39 is 17.6 Å². The van der Waals surface area contributed by atoms with E-state index in [-0.39, 0.29) is 41.6 Å². The Labute approximate surface area is 145 Å². The molecule has 1 amide bonds. The van der Waals surface area contributed by atoms with Gasteiger partial charge in [-0.3, -0.25) is 4.79 Å². The Morgan fingerprint density at radius 2 is 1.96 bits per heavy atom. The number of benzene rings is 1. The molecule has 0 saturated carbocycles. The number of aromatic nitrogens is 1. The second kappa shape index (κ2) is 6.51. The molecule has 0 N–H and O–H groups in total. The van der Waals surface area contributed by atoms with Gasteiger partial charge in [-0.05, 0) is 24.3 Å². The molecule has 1 fully saturated rings. The number of carbonyl (C=O) groups is 1. The van der Waals surface area contributed by atoms with Crippen molar-refractivity contribution < 1.29 is 27.1 Å². The van der Waals surface area contributed by atoms with Crippen LogP contribution in [-0.4, -0.2) is 35.0 Å². The van der Waals surface area contributed by atoms with Gasteiger partial charge < -0.3 is 9.64 Å². The van der Waals surface area contributed by atoms with Crippen LogP contribution in [0.4, 0.5) is 17.6 Å². The van der Waals surface area contributed by atoms with Crippen LogP contribution in [0.25, 0.3) is 0 Å². The summed E-state index contributed by atoms with van der Waals surface area (Å²) in [5.41, 5.74) is -0.689. The minimum absolute atomic E-state index is 0.0128. The topological polar surface area (TPSA) is 42.4 Å². The Hall–Kier alpha value is -2.35. The van der Waals surface area contributed by atoms with Gasteiger partial charge in [0.25, 0.3) is 5.91 Å². The molecule has 1 aliphatic rings. The second-order valence-corrected chi connectivity index (χ2v) is 5.86. The Morgan fingerprint density at radius 3 is 2.52 bits per heavy atom. The van der Waals surface area contributed by atoms with E-state index in [9.17, 15) is 22.4 Å². The van der Waals surface area contributed by atoms with E-state index in [1.165, 1.54) is 11.0 Å². The zero-order chi connectivity index (χ0) is 18.2. The molecule has 1 aliphatic heterocycles. The number of halogens is 5. The minimum Gasteiger partial charge on any atom is -0.471 e. The Balaban J connectivity index is 1.56. The van der Waals surface area contributed by atoms with Gasteiger partial charge in [0.15, 0.2) is 0 Å². The van der Waals surface area contributed by atoms with Crippen LogP contribution in [0.3, 0.4) is 0 Å². The first-order valence-corrected chi connectivity index (χ1v) is 7.56. The van der Waals surface area contributed by atoms with Crippen LogP contribution in [0, 0.1) is 5.82 Å². The molecule has 1 aromatic heterocycles. The molecule has 0 spiro atoms. The van der Waals surface area contributed by atoms with Gasteiger partial charge in [-0.25, -0.2) is 9.37 Å². The fourth-order valence-corrected chi connectivity index (χ4v) is 2.55. The van der Waals surface area contributed by atoms with Gasteiger partial charge in [-0.15, -0.1) is 0 Å². The molecule has 1 saturated heterocycles. The van der Waals surface area contributed by atoms with Crippen LogP contribution in [0.15, 0.2) is 36.5 Å².